The molecule has 2 rings (SSSR count). The first-order valence-electron chi connectivity index (χ1n) is 6.79. The van der Waals surface area contributed by atoms with E-state index in [4.69, 9.17) is 23.8 Å². The third kappa shape index (κ3) is 5.24. The van der Waals surface area contributed by atoms with Crippen molar-refractivity contribution in [1.82, 2.24) is 5.32 Å². The lowest BCUT2D eigenvalue weighted by Gasteiger charge is -2.10. The zero-order chi connectivity index (χ0) is 15.9. The van der Waals surface area contributed by atoms with Gasteiger partial charge in [0.15, 0.2) is 16.7 Å². The van der Waals surface area contributed by atoms with Crippen molar-refractivity contribution in [2.45, 2.75) is 12.8 Å². The highest BCUT2D eigenvalue weighted by Crippen LogP contribution is 2.13. The van der Waals surface area contributed by atoms with Crippen LogP contribution in [0.3, 0.4) is 0 Å². The zero-order valence-corrected chi connectivity index (χ0v) is 13.3. The van der Waals surface area contributed by atoms with Gasteiger partial charge in [-0.15, -0.1) is 0 Å². The van der Waals surface area contributed by atoms with Gasteiger partial charge in [-0.05, 0) is 54.9 Å². The number of nitrogens with one attached hydrogen (secondary N) is 2. The van der Waals surface area contributed by atoms with Crippen LogP contribution in [0.2, 0.25) is 5.02 Å². The summed E-state index contributed by atoms with van der Waals surface area (Å²) >= 11 is 10.9. The standard InChI is InChI=1S/C16H15ClF2N2S/c17-12-5-3-11(4-6-12)2-1-9-20-16(22)21-13-7-8-14(18)15(19)10-13/h3-8,10H,1-2,9H2,(H2,20,21,22). The number of benzene rings is 2. The topological polar surface area (TPSA) is 24.1 Å². The lowest BCUT2D eigenvalue weighted by Crippen LogP contribution is -2.29. The van der Waals surface area contributed by atoms with Crippen LogP contribution in [0.25, 0.3) is 0 Å². The molecule has 0 aliphatic heterocycles. The van der Waals surface area contributed by atoms with Gasteiger partial charge in [0.05, 0.1) is 0 Å². The molecule has 0 bridgehead atoms. The summed E-state index contributed by atoms with van der Waals surface area (Å²) in [7, 11) is 0. The first-order valence-corrected chi connectivity index (χ1v) is 7.57. The van der Waals surface area contributed by atoms with E-state index in [-0.39, 0.29) is 0 Å². The molecule has 6 heteroatoms. The third-order valence-corrected chi connectivity index (χ3v) is 3.52. The molecule has 0 unspecified atom stereocenters. The molecule has 0 amide bonds. The highest BCUT2D eigenvalue weighted by molar-refractivity contribution is 7.80. The van der Waals surface area contributed by atoms with Gasteiger partial charge in [0.2, 0.25) is 0 Å². The maximum Gasteiger partial charge on any atom is 0.170 e. The van der Waals surface area contributed by atoms with E-state index in [2.05, 4.69) is 10.6 Å². The highest BCUT2D eigenvalue weighted by Gasteiger charge is 2.03. The Balaban J connectivity index is 1.71. The maximum absolute atomic E-state index is 13.1. The van der Waals surface area contributed by atoms with Gasteiger partial charge in [-0.25, -0.2) is 8.78 Å². The molecule has 0 aliphatic rings. The SMILES string of the molecule is Fc1ccc(NC(=S)NCCCc2ccc(Cl)cc2)cc1F. The summed E-state index contributed by atoms with van der Waals surface area (Å²) in [4.78, 5) is 0. The molecule has 0 aliphatic carbocycles. The van der Waals surface area contributed by atoms with Crippen LogP contribution in [0, 0.1) is 11.6 Å². The summed E-state index contributed by atoms with van der Waals surface area (Å²) in [5, 5.41) is 6.94. The van der Waals surface area contributed by atoms with Gasteiger partial charge in [-0.3, -0.25) is 0 Å². The maximum atomic E-state index is 13.1. The molecule has 0 aromatic heterocycles. The number of halogens is 3. The summed E-state index contributed by atoms with van der Waals surface area (Å²) in [5.74, 6) is -1.79. The van der Waals surface area contributed by atoms with Crippen molar-refractivity contribution in [2.24, 2.45) is 0 Å². The van der Waals surface area contributed by atoms with Gasteiger partial charge in [0, 0.05) is 23.3 Å². The average molecular weight is 341 g/mol. The van der Waals surface area contributed by atoms with Crippen LogP contribution in [0.5, 0.6) is 0 Å². The summed E-state index contributed by atoms with van der Waals surface area (Å²) < 4.78 is 25.9. The van der Waals surface area contributed by atoms with Gasteiger partial charge in [0.25, 0.3) is 0 Å². The van der Waals surface area contributed by atoms with Gasteiger partial charge in [-0.1, -0.05) is 23.7 Å². The minimum Gasteiger partial charge on any atom is -0.362 e. The second-order valence-corrected chi connectivity index (χ2v) is 5.58. The molecular weight excluding hydrogens is 326 g/mol. The van der Waals surface area contributed by atoms with Crippen LogP contribution in [0.15, 0.2) is 42.5 Å². The molecule has 0 atom stereocenters. The Kier molecular flexibility index (Phi) is 6.10. The van der Waals surface area contributed by atoms with E-state index in [0.717, 1.165) is 30.0 Å². The molecular formula is C16H15ClF2N2S. The van der Waals surface area contributed by atoms with Gasteiger partial charge < -0.3 is 10.6 Å². The van der Waals surface area contributed by atoms with Crippen LogP contribution >= 0.6 is 23.8 Å². The lowest BCUT2D eigenvalue weighted by molar-refractivity contribution is 0.509. The van der Waals surface area contributed by atoms with Crippen molar-refractivity contribution >= 4 is 34.6 Å². The number of hydrogen-bond acceptors (Lipinski definition) is 1. The van der Waals surface area contributed by atoms with Crippen molar-refractivity contribution in [3.05, 3.63) is 64.7 Å². The molecule has 0 fully saturated rings. The molecule has 22 heavy (non-hydrogen) atoms. The minimum absolute atomic E-state index is 0.377. The van der Waals surface area contributed by atoms with E-state index in [1.54, 1.807) is 0 Å². The van der Waals surface area contributed by atoms with E-state index < -0.39 is 11.6 Å². The van der Waals surface area contributed by atoms with Crippen molar-refractivity contribution in [3.8, 4) is 0 Å². The van der Waals surface area contributed by atoms with Gasteiger partial charge >= 0.3 is 0 Å². The van der Waals surface area contributed by atoms with Gasteiger partial charge in [0.1, 0.15) is 0 Å². The Morgan fingerprint density at radius 2 is 1.77 bits per heavy atom. The molecule has 0 heterocycles. The van der Waals surface area contributed by atoms with Crippen molar-refractivity contribution in [2.75, 3.05) is 11.9 Å². The van der Waals surface area contributed by atoms with Crippen LogP contribution < -0.4 is 10.6 Å². The van der Waals surface area contributed by atoms with E-state index in [0.29, 0.717) is 17.3 Å². The first kappa shape index (κ1) is 16.6. The molecule has 0 radical (unpaired) electrons. The van der Waals surface area contributed by atoms with Crippen molar-refractivity contribution in [1.29, 1.82) is 0 Å². The summed E-state index contributed by atoms with van der Waals surface area (Å²) in [5.41, 5.74) is 1.61. The number of hydrogen-bond donors (Lipinski definition) is 2. The normalized spacial score (nSPS) is 10.3. The average Bonchev–Trinajstić information content (AvgIpc) is 2.49. The Labute approximate surface area is 138 Å². The molecule has 2 aromatic carbocycles. The monoisotopic (exact) mass is 340 g/mol. The summed E-state index contributed by atoms with van der Waals surface area (Å²) in [6.45, 7) is 0.679. The highest BCUT2D eigenvalue weighted by atomic mass is 35.5. The second kappa shape index (κ2) is 8.06. The largest absolute Gasteiger partial charge is 0.362 e. The Hall–Kier alpha value is -1.72. The number of aryl methyl sites for hydroxylation is 1. The molecule has 2 N–H and O–H groups in total. The predicted octanol–water partition coefficient (Wildman–Crippen LogP) is 4.54. The Bertz CT molecular complexity index is 647. The minimum atomic E-state index is -0.907. The number of anilines is 1. The van der Waals surface area contributed by atoms with E-state index in [9.17, 15) is 8.78 Å². The number of rotatable bonds is 5. The lowest BCUT2D eigenvalue weighted by atomic mass is 10.1. The molecule has 2 nitrogen and oxygen atoms in total. The smallest absolute Gasteiger partial charge is 0.170 e. The number of thiocarbonyl (C=S) groups is 1. The predicted molar refractivity (Wildman–Crippen MR) is 90.4 cm³/mol. The molecule has 0 saturated carbocycles. The molecule has 0 spiro atoms. The fourth-order valence-electron chi connectivity index (χ4n) is 1.89. The summed E-state index contributed by atoms with van der Waals surface area (Å²) in [6, 6.07) is 11.2. The fraction of sp³-hybridized carbons (Fsp3) is 0.188. The van der Waals surface area contributed by atoms with Crippen LogP contribution in [-0.2, 0) is 6.42 Å². The van der Waals surface area contributed by atoms with E-state index >= 15 is 0 Å². The van der Waals surface area contributed by atoms with Crippen LogP contribution in [-0.4, -0.2) is 11.7 Å². The molecule has 0 saturated heterocycles. The molecule has 116 valence electrons. The first-order chi connectivity index (χ1) is 10.5. The van der Waals surface area contributed by atoms with Crippen LogP contribution in [0.4, 0.5) is 14.5 Å². The van der Waals surface area contributed by atoms with Crippen LogP contribution in [0.1, 0.15) is 12.0 Å². The Morgan fingerprint density at radius 3 is 2.45 bits per heavy atom. The fourth-order valence-corrected chi connectivity index (χ4v) is 2.24. The quantitative estimate of drug-likeness (QED) is 0.617. The zero-order valence-electron chi connectivity index (χ0n) is 11.7. The van der Waals surface area contributed by atoms with Crippen molar-refractivity contribution in [3.63, 3.8) is 0 Å². The van der Waals surface area contributed by atoms with E-state index in [1.807, 2.05) is 24.3 Å². The molecule has 2 aromatic rings. The third-order valence-electron chi connectivity index (χ3n) is 3.02. The second-order valence-electron chi connectivity index (χ2n) is 4.74. The summed E-state index contributed by atoms with van der Waals surface area (Å²) in [6.07, 6.45) is 1.79. The van der Waals surface area contributed by atoms with Crippen molar-refractivity contribution < 1.29 is 8.78 Å². The van der Waals surface area contributed by atoms with Gasteiger partial charge in [-0.2, -0.15) is 0 Å². The van der Waals surface area contributed by atoms with E-state index in [1.165, 1.54) is 11.6 Å². The Morgan fingerprint density at radius 1 is 1.05 bits per heavy atom.